The van der Waals surface area contributed by atoms with Crippen LogP contribution in [0.4, 0.5) is 11.5 Å². The van der Waals surface area contributed by atoms with E-state index >= 15 is 0 Å². The average molecular weight is 237 g/mol. The first kappa shape index (κ1) is 13.8. The van der Waals surface area contributed by atoms with Gasteiger partial charge in [0.15, 0.2) is 0 Å². The fourth-order valence-electron chi connectivity index (χ4n) is 1.68. The van der Waals surface area contributed by atoms with Crippen molar-refractivity contribution in [3.8, 4) is 0 Å². The lowest BCUT2D eigenvalue weighted by Gasteiger charge is -2.25. The van der Waals surface area contributed by atoms with E-state index in [1.54, 1.807) is 6.20 Å². The summed E-state index contributed by atoms with van der Waals surface area (Å²) in [6, 6.07) is 1.90. The summed E-state index contributed by atoms with van der Waals surface area (Å²) < 4.78 is 0. The fourth-order valence-corrected chi connectivity index (χ4v) is 1.68. The predicted molar refractivity (Wildman–Crippen MR) is 72.0 cm³/mol. The first-order chi connectivity index (χ1) is 7.96. The van der Waals surface area contributed by atoms with Crippen LogP contribution >= 0.6 is 0 Å². The Hall–Kier alpha value is -1.29. The summed E-state index contributed by atoms with van der Waals surface area (Å²) in [5.74, 6) is 0.752. The van der Waals surface area contributed by atoms with Crippen LogP contribution in [0, 0.1) is 12.3 Å². The van der Waals surface area contributed by atoms with Crippen LogP contribution in [0.5, 0.6) is 0 Å². The van der Waals surface area contributed by atoms with Crippen molar-refractivity contribution in [2.45, 2.75) is 33.6 Å². The molecule has 0 fully saturated rings. The van der Waals surface area contributed by atoms with Crippen LogP contribution in [-0.4, -0.2) is 23.2 Å². The van der Waals surface area contributed by atoms with Gasteiger partial charge in [-0.05, 0) is 36.8 Å². The minimum absolute atomic E-state index is 0.126. The summed E-state index contributed by atoms with van der Waals surface area (Å²) in [6.45, 7) is 7.35. The molecule has 96 valence electrons. The van der Waals surface area contributed by atoms with E-state index in [0.717, 1.165) is 30.8 Å². The van der Waals surface area contributed by atoms with E-state index in [-0.39, 0.29) is 12.0 Å². The van der Waals surface area contributed by atoms with Crippen molar-refractivity contribution in [1.82, 2.24) is 4.98 Å². The summed E-state index contributed by atoms with van der Waals surface area (Å²) >= 11 is 0. The molecule has 0 aromatic carbocycles. The van der Waals surface area contributed by atoms with Crippen molar-refractivity contribution in [1.29, 1.82) is 0 Å². The second-order valence-corrected chi connectivity index (χ2v) is 5.24. The summed E-state index contributed by atoms with van der Waals surface area (Å²) in [5.41, 5.74) is 7.82. The number of aliphatic hydroxyl groups excluding tert-OH is 1. The van der Waals surface area contributed by atoms with E-state index in [1.807, 2.05) is 13.0 Å². The van der Waals surface area contributed by atoms with Gasteiger partial charge >= 0.3 is 0 Å². The molecule has 4 nitrogen and oxygen atoms in total. The van der Waals surface area contributed by atoms with Gasteiger partial charge < -0.3 is 16.2 Å². The van der Waals surface area contributed by atoms with Crippen LogP contribution in [0.3, 0.4) is 0 Å². The lowest BCUT2D eigenvalue weighted by molar-refractivity contribution is 0.248. The molecule has 0 saturated heterocycles. The quantitative estimate of drug-likeness (QED) is 0.709. The number of aliphatic hydroxyl groups is 1. The molecule has 4 N–H and O–H groups in total. The highest BCUT2D eigenvalue weighted by molar-refractivity contribution is 5.64. The van der Waals surface area contributed by atoms with Gasteiger partial charge in [0.05, 0.1) is 5.69 Å². The second kappa shape index (κ2) is 5.87. The van der Waals surface area contributed by atoms with Gasteiger partial charge in [0.2, 0.25) is 0 Å². The Labute approximate surface area is 103 Å². The largest absolute Gasteiger partial charge is 0.396 e. The highest BCUT2D eigenvalue weighted by Crippen LogP contribution is 2.25. The van der Waals surface area contributed by atoms with Crippen LogP contribution in [0.15, 0.2) is 12.3 Å². The van der Waals surface area contributed by atoms with Gasteiger partial charge in [0, 0.05) is 19.3 Å². The molecule has 0 aliphatic carbocycles. The Kier molecular flexibility index (Phi) is 4.75. The second-order valence-electron chi connectivity index (χ2n) is 5.24. The third-order valence-electron chi connectivity index (χ3n) is 2.95. The Morgan fingerprint density at radius 1 is 1.47 bits per heavy atom. The molecule has 1 rings (SSSR count). The van der Waals surface area contributed by atoms with Gasteiger partial charge in [-0.2, -0.15) is 0 Å². The van der Waals surface area contributed by atoms with E-state index in [2.05, 4.69) is 24.1 Å². The van der Waals surface area contributed by atoms with Crippen LogP contribution in [0.25, 0.3) is 0 Å². The number of hydrogen-bond acceptors (Lipinski definition) is 4. The molecule has 17 heavy (non-hydrogen) atoms. The van der Waals surface area contributed by atoms with Crippen LogP contribution in [0.2, 0.25) is 0 Å². The number of hydrogen-bond donors (Lipinski definition) is 3. The zero-order chi connectivity index (χ0) is 12.9. The molecule has 0 aliphatic rings. The smallest absolute Gasteiger partial charge is 0.149 e. The molecule has 0 aliphatic heterocycles. The van der Waals surface area contributed by atoms with Gasteiger partial charge in [-0.15, -0.1) is 0 Å². The molecule has 0 atom stereocenters. The minimum Gasteiger partial charge on any atom is -0.396 e. The van der Waals surface area contributed by atoms with Gasteiger partial charge in [-0.3, -0.25) is 0 Å². The van der Waals surface area contributed by atoms with E-state index in [9.17, 15) is 0 Å². The number of nitrogens with one attached hydrogen (secondary N) is 1. The number of nitrogens with two attached hydrogens (primary N) is 1. The first-order valence-corrected chi connectivity index (χ1v) is 6.02. The normalized spacial score (nSPS) is 11.5. The highest BCUT2D eigenvalue weighted by Gasteiger charge is 2.17. The number of aryl methyl sites for hydroxylation is 1. The fraction of sp³-hybridized carbons (Fsp3) is 0.615. The van der Waals surface area contributed by atoms with Gasteiger partial charge in [0.25, 0.3) is 0 Å². The van der Waals surface area contributed by atoms with Crippen molar-refractivity contribution in [3.63, 3.8) is 0 Å². The van der Waals surface area contributed by atoms with Crippen molar-refractivity contribution in [2.75, 3.05) is 24.2 Å². The van der Waals surface area contributed by atoms with Gasteiger partial charge in [0.1, 0.15) is 5.82 Å². The summed E-state index contributed by atoms with van der Waals surface area (Å²) in [7, 11) is 0. The lowest BCUT2D eigenvalue weighted by atomic mass is 9.88. The number of rotatable bonds is 6. The lowest BCUT2D eigenvalue weighted by Crippen LogP contribution is -2.24. The molecule has 1 heterocycles. The van der Waals surface area contributed by atoms with Crippen molar-refractivity contribution < 1.29 is 5.11 Å². The maximum absolute atomic E-state index is 8.84. The topological polar surface area (TPSA) is 71.2 Å². The Morgan fingerprint density at radius 3 is 2.82 bits per heavy atom. The standard InChI is InChI=1S/C13H23N3O/c1-10-5-7-15-12(11(10)14)16-9-13(2,3)6-4-8-17/h5,7,17H,4,6,8-9,14H2,1-3H3,(H,15,16). The molecule has 4 heteroatoms. The monoisotopic (exact) mass is 237 g/mol. The first-order valence-electron chi connectivity index (χ1n) is 6.02. The summed E-state index contributed by atoms with van der Waals surface area (Å²) in [4.78, 5) is 4.24. The van der Waals surface area contributed by atoms with Crippen LogP contribution in [0.1, 0.15) is 32.3 Å². The number of nitrogen functional groups attached to an aromatic ring is 1. The number of anilines is 2. The van der Waals surface area contributed by atoms with Crippen molar-refractivity contribution >= 4 is 11.5 Å². The van der Waals surface area contributed by atoms with Gasteiger partial charge in [-0.1, -0.05) is 13.8 Å². The maximum atomic E-state index is 8.84. The average Bonchev–Trinajstić information content (AvgIpc) is 2.29. The Bertz CT molecular complexity index is 364. The molecule has 0 unspecified atom stereocenters. The third-order valence-corrected chi connectivity index (χ3v) is 2.95. The van der Waals surface area contributed by atoms with E-state index in [4.69, 9.17) is 10.8 Å². The highest BCUT2D eigenvalue weighted by atomic mass is 16.2. The molecule has 0 bridgehead atoms. The van der Waals surface area contributed by atoms with Crippen molar-refractivity contribution in [3.05, 3.63) is 17.8 Å². The molecule has 1 aromatic heterocycles. The maximum Gasteiger partial charge on any atom is 0.149 e. The molecular weight excluding hydrogens is 214 g/mol. The van der Waals surface area contributed by atoms with Crippen LogP contribution < -0.4 is 11.1 Å². The zero-order valence-electron chi connectivity index (χ0n) is 11.0. The van der Waals surface area contributed by atoms with E-state index in [0.29, 0.717) is 5.69 Å². The van der Waals surface area contributed by atoms with Gasteiger partial charge in [-0.25, -0.2) is 4.98 Å². The predicted octanol–water partition coefficient (Wildman–Crippen LogP) is 2.18. The van der Waals surface area contributed by atoms with E-state index in [1.165, 1.54) is 0 Å². The number of pyridine rings is 1. The van der Waals surface area contributed by atoms with E-state index < -0.39 is 0 Å². The minimum atomic E-state index is 0.126. The number of nitrogens with zero attached hydrogens (tertiary/aromatic N) is 1. The van der Waals surface area contributed by atoms with Crippen molar-refractivity contribution in [2.24, 2.45) is 5.41 Å². The molecular formula is C13H23N3O. The van der Waals surface area contributed by atoms with Crippen LogP contribution in [-0.2, 0) is 0 Å². The molecule has 0 spiro atoms. The Morgan fingerprint density at radius 2 is 2.18 bits per heavy atom. The summed E-state index contributed by atoms with van der Waals surface area (Å²) in [6.07, 6.45) is 3.56. The molecule has 0 amide bonds. The summed E-state index contributed by atoms with van der Waals surface area (Å²) in [5, 5.41) is 12.1. The Balaban J connectivity index is 2.58. The molecule has 0 saturated carbocycles. The molecule has 1 aromatic rings. The molecule has 0 radical (unpaired) electrons. The third kappa shape index (κ3) is 4.23. The number of aromatic nitrogens is 1. The zero-order valence-corrected chi connectivity index (χ0v) is 11.0. The SMILES string of the molecule is Cc1ccnc(NCC(C)(C)CCCO)c1N.